The van der Waals surface area contributed by atoms with Crippen LogP contribution in [0, 0.1) is 11.7 Å². The summed E-state index contributed by atoms with van der Waals surface area (Å²) < 4.78 is 19.2. The van der Waals surface area contributed by atoms with Crippen LogP contribution in [0.3, 0.4) is 0 Å². The van der Waals surface area contributed by atoms with Crippen molar-refractivity contribution in [3.8, 4) is 5.75 Å². The van der Waals surface area contributed by atoms with Crippen LogP contribution in [0.4, 0.5) is 4.39 Å². The quantitative estimate of drug-likeness (QED) is 0.874. The molecule has 2 unspecified atom stereocenters. The van der Waals surface area contributed by atoms with Crippen molar-refractivity contribution < 1.29 is 9.13 Å². The number of benzene rings is 1. The highest BCUT2D eigenvalue weighted by molar-refractivity contribution is 5.37. The fraction of sp³-hybridized carbons (Fsp3) is 0.647. The Morgan fingerprint density at radius 1 is 1.48 bits per heavy atom. The maximum absolute atomic E-state index is 14.0. The number of rotatable bonds is 6. The molecule has 2 atom stereocenters. The van der Waals surface area contributed by atoms with Gasteiger partial charge in [-0.3, -0.25) is 0 Å². The zero-order chi connectivity index (χ0) is 15.2. The molecule has 3 nitrogen and oxygen atoms in total. The predicted molar refractivity (Wildman–Crippen MR) is 84.0 cm³/mol. The largest absolute Gasteiger partial charge is 0.496 e. The summed E-state index contributed by atoms with van der Waals surface area (Å²) in [5.41, 5.74) is 6.71. The van der Waals surface area contributed by atoms with Crippen LogP contribution in [0.25, 0.3) is 0 Å². The fourth-order valence-electron chi connectivity index (χ4n) is 3.21. The first kappa shape index (κ1) is 16.2. The van der Waals surface area contributed by atoms with Crippen molar-refractivity contribution in [2.24, 2.45) is 11.7 Å². The first-order chi connectivity index (χ1) is 10.2. The number of nitrogens with two attached hydrogens (primary N) is 1. The minimum absolute atomic E-state index is 0.271. The summed E-state index contributed by atoms with van der Waals surface area (Å²) in [6, 6.07) is 4.56. The molecule has 1 aromatic rings. The third-order valence-corrected chi connectivity index (χ3v) is 4.54. The van der Waals surface area contributed by atoms with Gasteiger partial charge in [-0.15, -0.1) is 0 Å². The van der Waals surface area contributed by atoms with Crippen LogP contribution in [0.5, 0.6) is 5.75 Å². The molecule has 1 heterocycles. The van der Waals surface area contributed by atoms with Crippen molar-refractivity contribution in [3.63, 3.8) is 0 Å². The second-order valence-corrected chi connectivity index (χ2v) is 5.97. The summed E-state index contributed by atoms with van der Waals surface area (Å²) >= 11 is 0. The third kappa shape index (κ3) is 4.17. The van der Waals surface area contributed by atoms with Gasteiger partial charge in [0.15, 0.2) is 0 Å². The normalized spacial score (nSPS) is 21.2. The molecule has 0 amide bonds. The van der Waals surface area contributed by atoms with E-state index < -0.39 is 0 Å². The second kappa shape index (κ2) is 7.76. The number of hydrogen-bond acceptors (Lipinski definition) is 3. The van der Waals surface area contributed by atoms with E-state index in [1.54, 1.807) is 19.2 Å². The Kier molecular flexibility index (Phi) is 6.00. The Bertz CT molecular complexity index is 452. The molecule has 1 aliphatic heterocycles. The zero-order valence-electron chi connectivity index (χ0n) is 13.1. The van der Waals surface area contributed by atoms with E-state index in [-0.39, 0.29) is 11.9 Å². The Morgan fingerprint density at radius 3 is 3.00 bits per heavy atom. The predicted octanol–water partition coefficient (Wildman–Crippen LogP) is 3.35. The van der Waals surface area contributed by atoms with E-state index in [4.69, 9.17) is 10.5 Å². The second-order valence-electron chi connectivity index (χ2n) is 5.97. The molecule has 0 saturated carbocycles. The van der Waals surface area contributed by atoms with Gasteiger partial charge in [0.25, 0.3) is 0 Å². The monoisotopic (exact) mass is 294 g/mol. The summed E-state index contributed by atoms with van der Waals surface area (Å²) in [7, 11) is 1.56. The Hall–Kier alpha value is -1.13. The molecule has 1 fully saturated rings. The molecule has 2 rings (SSSR count). The zero-order valence-corrected chi connectivity index (χ0v) is 13.1. The van der Waals surface area contributed by atoms with Crippen molar-refractivity contribution in [1.82, 2.24) is 4.90 Å². The molecule has 21 heavy (non-hydrogen) atoms. The van der Waals surface area contributed by atoms with Gasteiger partial charge in [0.2, 0.25) is 0 Å². The average Bonchev–Trinajstić information content (AvgIpc) is 2.52. The van der Waals surface area contributed by atoms with Gasteiger partial charge in [0, 0.05) is 18.2 Å². The number of halogens is 1. The number of ether oxygens (including phenoxy) is 1. The maximum Gasteiger partial charge on any atom is 0.131 e. The number of hydrogen-bond donors (Lipinski definition) is 1. The van der Waals surface area contributed by atoms with E-state index in [0.29, 0.717) is 11.3 Å². The number of piperidine rings is 1. The van der Waals surface area contributed by atoms with Crippen LogP contribution in [0.2, 0.25) is 0 Å². The van der Waals surface area contributed by atoms with Crippen molar-refractivity contribution >= 4 is 0 Å². The van der Waals surface area contributed by atoms with Gasteiger partial charge in [0.05, 0.1) is 7.11 Å². The Morgan fingerprint density at radius 2 is 2.29 bits per heavy atom. The summed E-state index contributed by atoms with van der Waals surface area (Å²) in [5.74, 6) is 1.08. The molecule has 118 valence electrons. The highest BCUT2D eigenvalue weighted by Crippen LogP contribution is 2.29. The van der Waals surface area contributed by atoms with Gasteiger partial charge in [-0.2, -0.15) is 0 Å². The standard InChI is InChI=1S/C17H27FN2O/c1-3-13-6-5-10-20(12-13)11-9-15(19)17-14(18)7-4-8-16(17)21-2/h4,7-8,13,15H,3,5-6,9-12,19H2,1-2H3. The third-order valence-electron chi connectivity index (χ3n) is 4.54. The molecule has 1 aromatic carbocycles. The lowest BCUT2D eigenvalue weighted by atomic mass is 9.95. The SMILES string of the molecule is CCC1CCCN(CCC(N)c2c(F)cccc2OC)C1. The molecule has 1 saturated heterocycles. The molecule has 0 aromatic heterocycles. The van der Waals surface area contributed by atoms with Gasteiger partial charge >= 0.3 is 0 Å². The van der Waals surface area contributed by atoms with Gasteiger partial charge < -0.3 is 15.4 Å². The lowest BCUT2D eigenvalue weighted by Gasteiger charge is -2.33. The minimum atomic E-state index is -0.317. The molecule has 0 aliphatic carbocycles. The molecule has 2 N–H and O–H groups in total. The van der Waals surface area contributed by atoms with Gasteiger partial charge in [-0.25, -0.2) is 4.39 Å². The molecule has 0 spiro atoms. The molecule has 4 heteroatoms. The average molecular weight is 294 g/mol. The van der Waals surface area contributed by atoms with E-state index in [1.807, 2.05) is 0 Å². The lowest BCUT2D eigenvalue weighted by molar-refractivity contribution is 0.166. The minimum Gasteiger partial charge on any atom is -0.496 e. The first-order valence-corrected chi connectivity index (χ1v) is 7.96. The molecular weight excluding hydrogens is 267 g/mol. The van der Waals surface area contributed by atoms with Crippen LogP contribution in [0.15, 0.2) is 18.2 Å². The number of nitrogens with zero attached hydrogens (tertiary/aromatic N) is 1. The van der Waals surface area contributed by atoms with E-state index in [2.05, 4.69) is 11.8 Å². The van der Waals surface area contributed by atoms with E-state index in [1.165, 1.54) is 25.3 Å². The molecule has 1 aliphatic rings. The van der Waals surface area contributed by atoms with Gasteiger partial charge in [-0.05, 0) is 50.4 Å². The van der Waals surface area contributed by atoms with Crippen LogP contribution in [0.1, 0.15) is 44.2 Å². The summed E-state index contributed by atoms with van der Waals surface area (Å²) in [4.78, 5) is 2.46. The van der Waals surface area contributed by atoms with Crippen LogP contribution < -0.4 is 10.5 Å². The van der Waals surface area contributed by atoms with E-state index >= 15 is 0 Å². The lowest BCUT2D eigenvalue weighted by Crippen LogP contribution is -2.37. The topological polar surface area (TPSA) is 38.5 Å². The van der Waals surface area contributed by atoms with Crippen molar-refractivity contribution in [3.05, 3.63) is 29.6 Å². The van der Waals surface area contributed by atoms with E-state index in [0.717, 1.165) is 32.0 Å². The summed E-state index contributed by atoms with van der Waals surface area (Å²) in [6.45, 7) is 5.47. The van der Waals surface area contributed by atoms with Crippen LogP contribution in [-0.4, -0.2) is 31.6 Å². The van der Waals surface area contributed by atoms with E-state index in [9.17, 15) is 4.39 Å². The van der Waals surface area contributed by atoms with Crippen molar-refractivity contribution in [1.29, 1.82) is 0 Å². The molecule has 0 radical (unpaired) electrons. The highest BCUT2D eigenvalue weighted by Gasteiger charge is 2.21. The summed E-state index contributed by atoms with van der Waals surface area (Å²) in [6.07, 6.45) is 4.59. The Labute approximate surface area is 127 Å². The number of methoxy groups -OCH3 is 1. The van der Waals surface area contributed by atoms with Crippen LogP contribution >= 0.6 is 0 Å². The smallest absolute Gasteiger partial charge is 0.131 e. The summed E-state index contributed by atoms with van der Waals surface area (Å²) in [5, 5.41) is 0. The van der Waals surface area contributed by atoms with Crippen molar-refractivity contribution in [2.75, 3.05) is 26.7 Å². The molecule has 0 bridgehead atoms. The maximum atomic E-state index is 14.0. The van der Waals surface area contributed by atoms with Crippen LogP contribution in [-0.2, 0) is 0 Å². The highest BCUT2D eigenvalue weighted by atomic mass is 19.1. The number of likely N-dealkylation sites (tertiary alicyclic amines) is 1. The Balaban J connectivity index is 1.94. The fourth-order valence-corrected chi connectivity index (χ4v) is 3.21. The van der Waals surface area contributed by atoms with Gasteiger partial charge in [-0.1, -0.05) is 19.4 Å². The van der Waals surface area contributed by atoms with Gasteiger partial charge in [0.1, 0.15) is 11.6 Å². The molecular formula is C17H27FN2O. The van der Waals surface area contributed by atoms with Crippen molar-refractivity contribution in [2.45, 2.75) is 38.6 Å². The first-order valence-electron chi connectivity index (χ1n) is 7.96.